The van der Waals surface area contributed by atoms with E-state index < -0.39 is 0 Å². The van der Waals surface area contributed by atoms with Crippen LogP contribution < -0.4 is 5.32 Å². The Morgan fingerprint density at radius 2 is 1.82 bits per heavy atom. The number of anilines is 1. The normalized spacial score (nSPS) is 19.5. The van der Waals surface area contributed by atoms with E-state index in [1.54, 1.807) is 6.07 Å². The third kappa shape index (κ3) is 2.22. The average molecular weight is 332 g/mol. The molecule has 2 nitrogen and oxygen atoms in total. The number of aryl methyl sites for hydroxylation is 2. The number of nitrogens with one attached hydrogen (secondary N) is 1. The zero-order chi connectivity index (χ0) is 15.3. The van der Waals surface area contributed by atoms with Crippen LogP contribution in [0.5, 0.6) is 0 Å². The van der Waals surface area contributed by atoms with Gasteiger partial charge in [-0.3, -0.25) is 4.79 Å². The third-order valence-electron chi connectivity index (χ3n) is 4.66. The first-order valence-corrected chi connectivity index (χ1v) is 8.28. The van der Waals surface area contributed by atoms with E-state index in [2.05, 4.69) is 17.4 Å². The van der Waals surface area contributed by atoms with Crippen molar-refractivity contribution in [3.05, 3.63) is 62.6 Å². The molecule has 4 rings (SSSR count). The molecule has 1 N–H and O–H groups in total. The van der Waals surface area contributed by atoms with Crippen molar-refractivity contribution in [1.82, 2.24) is 0 Å². The molecule has 2 aromatic carbocycles. The van der Waals surface area contributed by atoms with Gasteiger partial charge in [0.2, 0.25) is 5.91 Å². The summed E-state index contributed by atoms with van der Waals surface area (Å²) in [6.07, 6.45) is 3.81. The molecule has 0 bridgehead atoms. The Hall–Kier alpha value is -1.51. The highest BCUT2D eigenvalue weighted by molar-refractivity contribution is 6.42. The lowest BCUT2D eigenvalue weighted by atomic mass is 9.83. The maximum Gasteiger partial charge on any atom is 0.225 e. The summed E-state index contributed by atoms with van der Waals surface area (Å²) in [5.41, 5.74) is 5.78. The van der Waals surface area contributed by atoms with Crippen molar-refractivity contribution in [2.75, 3.05) is 5.32 Å². The van der Waals surface area contributed by atoms with Crippen molar-refractivity contribution >= 4 is 34.8 Å². The first kappa shape index (κ1) is 14.1. The van der Waals surface area contributed by atoms with Crippen molar-refractivity contribution in [3.63, 3.8) is 0 Å². The third-order valence-corrected chi connectivity index (χ3v) is 5.49. The van der Waals surface area contributed by atoms with Gasteiger partial charge in [-0.1, -0.05) is 41.4 Å². The summed E-state index contributed by atoms with van der Waals surface area (Å²) in [7, 11) is 0. The van der Waals surface area contributed by atoms with E-state index in [1.165, 1.54) is 17.5 Å². The predicted octanol–water partition coefficient (Wildman–Crippen LogP) is 4.96. The van der Waals surface area contributed by atoms with Crippen LogP contribution in [-0.4, -0.2) is 5.91 Å². The van der Waals surface area contributed by atoms with Crippen molar-refractivity contribution in [2.45, 2.75) is 31.6 Å². The van der Waals surface area contributed by atoms with Crippen LogP contribution in [0, 0.1) is 0 Å². The van der Waals surface area contributed by atoms with Gasteiger partial charge < -0.3 is 5.32 Å². The molecule has 1 heterocycles. The zero-order valence-corrected chi connectivity index (χ0v) is 13.5. The van der Waals surface area contributed by atoms with Gasteiger partial charge in [-0.05, 0) is 53.6 Å². The van der Waals surface area contributed by atoms with Crippen molar-refractivity contribution in [3.8, 4) is 0 Å². The molecule has 0 aromatic heterocycles. The first-order valence-electron chi connectivity index (χ1n) is 7.53. The monoisotopic (exact) mass is 331 g/mol. The summed E-state index contributed by atoms with van der Waals surface area (Å²) in [4.78, 5) is 12.1. The van der Waals surface area contributed by atoms with Gasteiger partial charge in [0.05, 0.1) is 10.0 Å². The maximum atomic E-state index is 12.1. The quantitative estimate of drug-likeness (QED) is 0.786. The molecule has 1 amide bonds. The molecule has 0 saturated heterocycles. The Kier molecular flexibility index (Phi) is 3.39. The fourth-order valence-corrected chi connectivity index (χ4v) is 4.04. The molecule has 0 radical (unpaired) electrons. The first-order chi connectivity index (χ1) is 10.6. The van der Waals surface area contributed by atoms with E-state index in [0.717, 1.165) is 29.7 Å². The summed E-state index contributed by atoms with van der Waals surface area (Å²) in [6, 6.07) is 10.0. The molecule has 2 aromatic rings. The number of hydrogen-bond donors (Lipinski definition) is 1. The van der Waals surface area contributed by atoms with Crippen LogP contribution in [0.3, 0.4) is 0 Å². The summed E-state index contributed by atoms with van der Waals surface area (Å²) in [6.45, 7) is 0. The summed E-state index contributed by atoms with van der Waals surface area (Å²) >= 11 is 12.6. The Bertz CT molecular complexity index is 785. The molecule has 0 spiro atoms. The molecule has 22 heavy (non-hydrogen) atoms. The number of rotatable bonds is 1. The predicted molar refractivity (Wildman–Crippen MR) is 90.0 cm³/mol. The molecule has 112 valence electrons. The second-order valence-corrected chi connectivity index (χ2v) is 6.79. The van der Waals surface area contributed by atoms with Gasteiger partial charge in [-0.25, -0.2) is 0 Å². The molecule has 4 heteroatoms. The lowest BCUT2D eigenvalue weighted by molar-refractivity contribution is -0.116. The fourth-order valence-electron chi connectivity index (χ4n) is 3.60. The summed E-state index contributed by atoms with van der Waals surface area (Å²) in [5, 5.41) is 4.09. The van der Waals surface area contributed by atoms with Crippen LogP contribution in [0.1, 0.15) is 41.0 Å². The van der Waals surface area contributed by atoms with E-state index in [0.29, 0.717) is 16.5 Å². The fraction of sp³-hybridized carbons (Fsp3) is 0.278. The molecule has 1 aliphatic carbocycles. The Morgan fingerprint density at radius 3 is 2.64 bits per heavy atom. The Balaban J connectivity index is 1.89. The molecule has 1 aliphatic heterocycles. The number of carbonyl (C=O) groups is 1. The van der Waals surface area contributed by atoms with E-state index in [1.807, 2.05) is 12.1 Å². The Labute approximate surface area is 139 Å². The van der Waals surface area contributed by atoms with E-state index >= 15 is 0 Å². The van der Waals surface area contributed by atoms with Gasteiger partial charge in [-0.15, -0.1) is 0 Å². The van der Waals surface area contributed by atoms with Crippen LogP contribution in [0.2, 0.25) is 10.0 Å². The summed E-state index contributed by atoms with van der Waals surface area (Å²) in [5.74, 6) is 0.00680. The van der Waals surface area contributed by atoms with Gasteiger partial charge in [-0.2, -0.15) is 0 Å². The minimum absolute atomic E-state index is 0.0270. The molecule has 1 atom stereocenters. The minimum Gasteiger partial charge on any atom is -0.326 e. The van der Waals surface area contributed by atoms with Gasteiger partial charge in [0, 0.05) is 18.0 Å². The highest BCUT2D eigenvalue weighted by Gasteiger charge is 2.30. The van der Waals surface area contributed by atoms with Crippen LogP contribution in [0.15, 0.2) is 30.3 Å². The Morgan fingerprint density at radius 1 is 1.05 bits per heavy atom. The SMILES string of the molecule is O=C1C[C@@H](c2cccc(Cl)c2Cl)c2cc3c(cc2N1)CCC3. The van der Waals surface area contributed by atoms with Crippen molar-refractivity contribution in [2.24, 2.45) is 0 Å². The number of carbonyl (C=O) groups excluding carboxylic acids is 1. The minimum atomic E-state index is -0.0270. The average Bonchev–Trinajstić information content (AvgIpc) is 2.94. The van der Waals surface area contributed by atoms with Gasteiger partial charge in [0.25, 0.3) is 0 Å². The van der Waals surface area contributed by atoms with Crippen LogP contribution >= 0.6 is 23.2 Å². The molecule has 0 unspecified atom stereocenters. The molecule has 2 aliphatic rings. The van der Waals surface area contributed by atoms with Gasteiger partial charge in [0.1, 0.15) is 0 Å². The number of halogens is 2. The van der Waals surface area contributed by atoms with Crippen LogP contribution in [-0.2, 0) is 17.6 Å². The van der Waals surface area contributed by atoms with Crippen LogP contribution in [0.25, 0.3) is 0 Å². The second-order valence-electron chi connectivity index (χ2n) is 6.01. The van der Waals surface area contributed by atoms with E-state index in [4.69, 9.17) is 23.2 Å². The molecule has 0 fully saturated rings. The highest BCUT2D eigenvalue weighted by atomic mass is 35.5. The molecule has 0 saturated carbocycles. The molecular formula is C18H15Cl2NO. The lowest BCUT2D eigenvalue weighted by Gasteiger charge is -2.28. The maximum absolute atomic E-state index is 12.1. The number of fused-ring (bicyclic) bond motifs is 2. The van der Waals surface area contributed by atoms with Gasteiger partial charge >= 0.3 is 0 Å². The van der Waals surface area contributed by atoms with Gasteiger partial charge in [0.15, 0.2) is 0 Å². The topological polar surface area (TPSA) is 29.1 Å². The lowest BCUT2D eigenvalue weighted by Crippen LogP contribution is -2.24. The van der Waals surface area contributed by atoms with Crippen LogP contribution in [0.4, 0.5) is 5.69 Å². The summed E-state index contributed by atoms with van der Waals surface area (Å²) < 4.78 is 0. The second kappa shape index (κ2) is 5.29. The number of amides is 1. The standard InChI is InChI=1S/C18H15Cl2NO/c19-15-6-2-5-12(18(15)20)13-9-17(22)21-16-8-11-4-1-3-10(11)7-14(13)16/h2,5-8,13H,1,3-4,9H2,(H,21,22)/t13-/m0/s1. The van der Waals surface area contributed by atoms with Crippen molar-refractivity contribution < 1.29 is 4.79 Å². The highest BCUT2D eigenvalue weighted by Crippen LogP contribution is 2.43. The van der Waals surface area contributed by atoms with E-state index in [9.17, 15) is 4.79 Å². The number of benzene rings is 2. The smallest absolute Gasteiger partial charge is 0.225 e. The van der Waals surface area contributed by atoms with E-state index in [-0.39, 0.29) is 11.8 Å². The number of hydrogen-bond acceptors (Lipinski definition) is 1. The molecular weight excluding hydrogens is 317 g/mol. The zero-order valence-electron chi connectivity index (χ0n) is 12.0. The van der Waals surface area contributed by atoms with Crippen molar-refractivity contribution in [1.29, 1.82) is 0 Å². The largest absolute Gasteiger partial charge is 0.326 e.